The summed E-state index contributed by atoms with van der Waals surface area (Å²) in [5.41, 5.74) is 8.54. The molecule has 1 saturated carbocycles. The van der Waals surface area contributed by atoms with Gasteiger partial charge in [0.2, 0.25) is 5.92 Å². The molecule has 3 N–H and O–H groups in total. The molecule has 0 aromatic carbocycles. The van der Waals surface area contributed by atoms with Gasteiger partial charge in [-0.2, -0.15) is 5.10 Å². The van der Waals surface area contributed by atoms with Gasteiger partial charge in [-0.25, -0.2) is 23.1 Å². The number of fused-ring (bicyclic) bond motifs is 1. The molecule has 3 heterocycles. The van der Waals surface area contributed by atoms with Crippen LogP contribution >= 0.6 is 0 Å². The van der Waals surface area contributed by atoms with Crippen LogP contribution in [-0.4, -0.2) is 44.5 Å². The van der Waals surface area contributed by atoms with E-state index >= 15 is 0 Å². The van der Waals surface area contributed by atoms with Gasteiger partial charge < -0.3 is 16.0 Å². The summed E-state index contributed by atoms with van der Waals surface area (Å²) in [5, 5.41) is 7.26. The Labute approximate surface area is 162 Å². The van der Waals surface area contributed by atoms with E-state index in [2.05, 4.69) is 22.3 Å². The van der Waals surface area contributed by atoms with Gasteiger partial charge in [0.25, 0.3) is 0 Å². The first-order valence-electron chi connectivity index (χ1n) is 9.81. The molecule has 2 fully saturated rings. The predicted octanol–water partition coefficient (Wildman–Crippen LogP) is 2.72. The van der Waals surface area contributed by atoms with Crippen LogP contribution in [0.25, 0.3) is 5.65 Å². The number of amides is 2. The number of halogens is 2. The smallest absolute Gasteiger partial charge is 0.317 e. The van der Waals surface area contributed by atoms with E-state index in [0.29, 0.717) is 49.7 Å². The molecule has 28 heavy (non-hydrogen) atoms. The third kappa shape index (κ3) is 3.94. The molecule has 1 saturated heterocycles. The molecular weight excluding hydrogens is 366 g/mol. The van der Waals surface area contributed by atoms with Crippen LogP contribution in [0.4, 0.5) is 13.6 Å². The van der Waals surface area contributed by atoms with Gasteiger partial charge >= 0.3 is 6.03 Å². The Morgan fingerprint density at radius 2 is 2.14 bits per heavy atom. The molecule has 1 aliphatic heterocycles. The van der Waals surface area contributed by atoms with E-state index in [1.807, 2.05) is 6.07 Å². The molecule has 0 bridgehead atoms. The predicted molar refractivity (Wildman–Crippen MR) is 99.8 cm³/mol. The van der Waals surface area contributed by atoms with Crippen molar-refractivity contribution in [2.24, 2.45) is 17.6 Å². The number of rotatable bonds is 4. The van der Waals surface area contributed by atoms with Crippen LogP contribution < -0.4 is 11.1 Å². The third-order valence-electron chi connectivity index (χ3n) is 5.80. The summed E-state index contributed by atoms with van der Waals surface area (Å²) >= 11 is 0. The largest absolute Gasteiger partial charge is 0.338 e. The Bertz CT molecular complexity index is 859. The Morgan fingerprint density at radius 1 is 1.39 bits per heavy atom. The lowest BCUT2D eigenvalue weighted by Crippen LogP contribution is -2.49. The van der Waals surface area contributed by atoms with Crippen LogP contribution in [0, 0.1) is 11.8 Å². The first-order chi connectivity index (χ1) is 13.3. The fourth-order valence-electron chi connectivity index (χ4n) is 4.10. The average molecular weight is 392 g/mol. The SMILES string of the molecule is CC1CNC(=O)N(Cc2cnn3cc([C@@H](N)C4CCC(F)(F)CC4)nc3c2)C1. The first-order valence-corrected chi connectivity index (χ1v) is 9.81. The van der Waals surface area contributed by atoms with Crippen molar-refractivity contribution in [1.29, 1.82) is 0 Å². The van der Waals surface area contributed by atoms with Gasteiger partial charge in [-0.15, -0.1) is 0 Å². The number of carbonyl (C=O) groups is 1. The number of urea groups is 1. The number of hydrogen-bond acceptors (Lipinski definition) is 4. The van der Waals surface area contributed by atoms with Crippen LogP contribution in [0.3, 0.4) is 0 Å². The quantitative estimate of drug-likeness (QED) is 0.837. The van der Waals surface area contributed by atoms with Crippen LogP contribution in [-0.2, 0) is 6.54 Å². The van der Waals surface area contributed by atoms with Crippen molar-refractivity contribution < 1.29 is 13.6 Å². The van der Waals surface area contributed by atoms with Gasteiger partial charge in [0.15, 0.2) is 5.65 Å². The van der Waals surface area contributed by atoms with Crippen molar-refractivity contribution in [2.45, 2.75) is 51.1 Å². The standard InChI is InChI=1S/C19H26F2N6O/c1-12-7-23-18(28)26(9-12)10-13-6-16-25-15(11-27(16)24-8-13)17(22)14-2-4-19(20,21)5-3-14/h6,8,11-12,14,17H,2-5,7,9-10,22H2,1H3,(H,23,28)/t12?,17-/m0/s1. The number of aromatic nitrogens is 3. The molecular formula is C19H26F2N6O. The lowest BCUT2D eigenvalue weighted by molar-refractivity contribution is -0.0484. The summed E-state index contributed by atoms with van der Waals surface area (Å²) < 4.78 is 28.4. The minimum Gasteiger partial charge on any atom is -0.338 e. The number of imidazole rings is 1. The molecule has 9 heteroatoms. The van der Waals surface area contributed by atoms with Gasteiger partial charge in [0.05, 0.1) is 24.1 Å². The van der Waals surface area contributed by atoms with E-state index in [0.717, 1.165) is 5.56 Å². The molecule has 7 nitrogen and oxygen atoms in total. The maximum Gasteiger partial charge on any atom is 0.317 e. The summed E-state index contributed by atoms with van der Waals surface area (Å²) in [6, 6.07) is 1.44. The van der Waals surface area contributed by atoms with Crippen molar-refractivity contribution in [1.82, 2.24) is 24.8 Å². The molecule has 2 amide bonds. The second-order valence-corrected chi connectivity index (χ2v) is 8.22. The summed E-state index contributed by atoms with van der Waals surface area (Å²) in [6.07, 6.45) is 4.07. The number of hydrogen-bond donors (Lipinski definition) is 2. The van der Waals surface area contributed by atoms with Crippen molar-refractivity contribution in [3.8, 4) is 0 Å². The number of nitrogens with one attached hydrogen (secondary N) is 1. The zero-order valence-electron chi connectivity index (χ0n) is 15.9. The van der Waals surface area contributed by atoms with Gasteiger partial charge in [-0.05, 0) is 36.3 Å². The van der Waals surface area contributed by atoms with Crippen LogP contribution in [0.2, 0.25) is 0 Å². The van der Waals surface area contributed by atoms with E-state index in [-0.39, 0.29) is 30.8 Å². The highest BCUT2D eigenvalue weighted by Crippen LogP contribution is 2.40. The molecule has 1 aliphatic carbocycles. The van der Waals surface area contributed by atoms with E-state index < -0.39 is 5.92 Å². The topological polar surface area (TPSA) is 88.5 Å². The molecule has 4 rings (SSSR count). The van der Waals surface area contributed by atoms with Gasteiger partial charge in [0.1, 0.15) is 0 Å². The fraction of sp³-hybridized carbons (Fsp3) is 0.632. The van der Waals surface area contributed by atoms with Gasteiger partial charge in [-0.1, -0.05) is 6.92 Å². The highest BCUT2D eigenvalue weighted by atomic mass is 19.3. The minimum absolute atomic E-state index is 0.00235. The summed E-state index contributed by atoms with van der Waals surface area (Å²) in [4.78, 5) is 18.4. The Morgan fingerprint density at radius 3 is 2.89 bits per heavy atom. The van der Waals surface area contributed by atoms with Crippen LogP contribution in [0.1, 0.15) is 49.9 Å². The number of carbonyl (C=O) groups excluding carboxylic acids is 1. The highest BCUT2D eigenvalue weighted by molar-refractivity contribution is 5.75. The van der Waals surface area contributed by atoms with E-state index in [4.69, 9.17) is 5.73 Å². The number of nitrogens with zero attached hydrogens (tertiary/aromatic N) is 4. The molecule has 2 atom stereocenters. The molecule has 0 spiro atoms. The second-order valence-electron chi connectivity index (χ2n) is 8.22. The maximum absolute atomic E-state index is 13.4. The fourth-order valence-corrected chi connectivity index (χ4v) is 4.10. The van der Waals surface area contributed by atoms with E-state index in [9.17, 15) is 13.6 Å². The molecule has 2 aromatic heterocycles. The van der Waals surface area contributed by atoms with Crippen molar-refractivity contribution in [3.05, 3.63) is 29.7 Å². The number of nitrogens with two attached hydrogens (primary N) is 1. The molecule has 2 aromatic rings. The van der Waals surface area contributed by atoms with Gasteiger partial charge in [-0.3, -0.25) is 0 Å². The minimum atomic E-state index is -2.57. The summed E-state index contributed by atoms with van der Waals surface area (Å²) in [5.74, 6) is -2.17. The van der Waals surface area contributed by atoms with E-state index in [1.165, 1.54) is 0 Å². The Kier molecular flexibility index (Phi) is 4.95. The zero-order chi connectivity index (χ0) is 19.9. The molecule has 152 valence electrons. The Hall–Kier alpha value is -2.29. The summed E-state index contributed by atoms with van der Waals surface area (Å²) in [7, 11) is 0. The average Bonchev–Trinajstić information content (AvgIpc) is 3.07. The summed E-state index contributed by atoms with van der Waals surface area (Å²) in [6.45, 7) is 3.96. The third-order valence-corrected chi connectivity index (χ3v) is 5.80. The normalized spacial score (nSPS) is 24.4. The highest BCUT2D eigenvalue weighted by Gasteiger charge is 2.37. The van der Waals surface area contributed by atoms with E-state index in [1.54, 1.807) is 21.8 Å². The van der Waals surface area contributed by atoms with Crippen molar-refractivity contribution in [3.63, 3.8) is 0 Å². The van der Waals surface area contributed by atoms with Crippen LogP contribution in [0.15, 0.2) is 18.5 Å². The second kappa shape index (κ2) is 7.27. The maximum atomic E-state index is 13.4. The zero-order valence-corrected chi connectivity index (χ0v) is 15.9. The monoisotopic (exact) mass is 392 g/mol. The van der Waals surface area contributed by atoms with Crippen molar-refractivity contribution >= 4 is 11.7 Å². The first kappa shape index (κ1) is 19.0. The molecule has 2 aliphatic rings. The lowest BCUT2D eigenvalue weighted by atomic mass is 9.81. The number of alkyl halides is 2. The molecule has 1 unspecified atom stereocenters. The lowest BCUT2D eigenvalue weighted by Gasteiger charge is -2.31. The Balaban J connectivity index is 1.48. The molecule has 0 radical (unpaired) electrons. The van der Waals surface area contributed by atoms with Crippen LogP contribution in [0.5, 0.6) is 0 Å². The van der Waals surface area contributed by atoms with Crippen molar-refractivity contribution in [2.75, 3.05) is 13.1 Å². The van der Waals surface area contributed by atoms with Gasteiger partial charge in [0, 0.05) is 32.5 Å².